The van der Waals surface area contributed by atoms with Crippen LogP contribution >= 0.6 is 0 Å². The van der Waals surface area contributed by atoms with E-state index >= 15 is 0 Å². The minimum Gasteiger partial charge on any atom is -0.391 e. The van der Waals surface area contributed by atoms with Gasteiger partial charge in [-0.05, 0) is 6.92 Å². The molecule has 5 heteroatoms. The van der Waals surface area contributed by atoms with E-state index < -0.39 is 24.1 Å². The van der Waals surface area contributed by atoms with E-state index in [9.17, 15) is 9.59 Å². The predicted molar refractivity (Wildman–Crippen MR) is 32.1 cm³/mol. The first-order valence-corrected chi connectivity index (χ1v) is 2.90. The maximum atomic E-state index is 10.7. The molecule has 0 saturated carbocycles. The maximum Gasteiger partial charge on any atom is 0.322 e. The highest BCUT2D eigenvalue weighted by molar-refractivity contribution is 6.04. The Kier molecular flexibility index (Phi) is 1.58. The smallest absolute Gasteiger partial charge is 0.322 e. The fourth-order valence-corrected chi connectivity index (χ4v) is 0.772. The van der Waals surface area contributed by atoms with Crippen LogP contribution in [0.4, 0.5) is 4.79 Å². The van der Waals surface area contributed by atoms with Gasteiger partial charge in [0.2, 0.25) is 0 Å². The second-order valence-electron chi connectivity index (χ2n) is 2.18. The van der Waals surface area contributed by atoms with Crippen LogP contribution in [-0.4, -0.2) is 29.2 Å². The Hall–Kier alpha value is -1.10. The Morgan fingerprint density at radius 3 is 2.40 bits per heavy atom. The van der Waals surface area contributed by atoms with Gasteiger partial charge in [0.15, 0.2) is 0 Å². The van der Waals surface area contributed by atoms with Gasteiger partial charge in [-0.2, -0.15) is 0 Å². The Morgan fingerprint density at radius 2 is 2.20 bits per heavy atom. The van der Waals surface area contributed by atoms with E-state index in [0.717, 1.165) is 0 Å². The van der Waals surface area contributed by atoms with Crippen molar-refractivity contribution in [2.75, 3.05) is 0 Å². The van der Waals surface area contributed by atoms with Crippen LogP contribution in [0, 0.1) is 0 Å². The zero-order chi connectivity index (χ0) is 7.72. The van der Waals surface area contributed by atoms with Crippen LogP contribution in [-0.2, 0) is 4.79 Å². The molecule has 1 rings (SSSR count). The molecule has 0 unspecified atom stereocenters. The van der Waals surface area contributed by atoms with Crippen LogP contribution in [0.2, 0.25) is 0 Å². The van der Waals surface area contributed by atoms with Gasteiger partial charge in [-0.3, -0.25) is 10.1 Å². The van der Waals surface area contributed by atoms with Crippen LogP contribution in [0.1, 0.15) is 6.92 Å². The third-order valence-corrected chi connectivity index (χ3v) is 1.29. The highest BCUT2D eigenvalue weighted by Crippen LogP contribution is 1.97. The van der Waals surface area contributed by atoms with E-state index in [1.807, 2.05) is 5.32 Å². The zero-order valence-corrected chi connectivity index (χ0v) is 5.42. The van der Waals surface area contributed by atoms with Crippen molar-refractivity contribution in [3.8, 4) is 0 Å². The molecule has 56 valence electrons. The lowest BCUT2D eigenvalue weighted by Gasteiger charge is -2.08. The molecule has 0 aromatic carbocycles. The average molecular weight is 144 g/mol. The van der Waals surface area contributed by atoms with Crippen molar-refractivity contribution in [2.24, 2.45) is 0 Å². The van der Waals surface area contributed by atoms with Crippen molar-refractivity contribution < 1.29 is 14.7 Å². The molecule has 0 aromatic rings. The molecule has 1 fully saturated rings. The van der Waals surface area contributed by atoms with Crippen LogP contribution in [0.15, 0.2) is 0 Å². The molecule has 1 aliphatic rings. The molecule has 0 bridgehead atoms. The van der Waals surface area contributed by atoms with Crippen molar-refractivity contribution >= 4 is 11.9 Å². The summed E-state index contributed by atoms with van der Waals surface area (Å²) in [6, 6.07) is -1.33. The van der Waals surface area contributed by atoms with E-state index in [2.05, 4.69) is 5.32 Å². The molecule has 1 aliphatic heterocycles. The molecule has 2 atom stereocenters. The van der Waals surface area contributed by atoms with Crippen molar-refractivity contribution in [1.29, 1.82) is 0 Å². The topological polar surface area (TPSA) is 78.4 Å². The van der Waals surface area contributed by atoms with E-state index in [1.165, 1.54) is 6.92 Å². The molecule has 10 heavy (non-hydrogen) atoms. The molecule has 3 amide bonds. The van der Waals surface area contributed by atoms with Gasteiger partial charge in [-0.1, -0.05) is 0 Å². The SMILES string of the molecule is C[C@H](O)[C@H]1NC(=O)NC1=O. The van der Waals surface area contributed by atoms with Crippen molar-refractivity contribution in [3.05, 3.63) is 0 Å². The number of nitrogens with one attached hydrogen (secondary N) is 2. The highest BCUT2D eigenvalue weighted by atomic mass is 16.3. The monoisotopic (exact) mass is 144 g/mol. The van der Waals surface area contributed by atoms with Crippen LogP contribution in [0.3, 0.4) is 0 Å². The summed E-state index contributed by atoms with van der Waals surface area (Å²) in [5.41, 5.74) is 0. The summed E-state index contributed by atoms with van der Waals surface area (Å²) >= 11 is 0. The molecule has 1 saturated heterocycles. The lowest BCUT2D eigenvalue weighted by Crippen LogP contribution is -2.38. The van der Waals surface area contributed by atoms with Crippen LogP contribution in [0.25, 0.3) is 0 Å². The molecule has 0 aliphatic carbocycles. The van der Waals surface area contributed by atoms with Crippen LogP contribution in [0.5, 0.6) is 0 Å². The largest absolute Gasteiger partial charge is 0.391 e. The van der Waals surface area contributed by atoms with Gasteiger partial charge in [0, 0.05) is 0 Å². The van der Waals surface area contributed by atoms with Crippen molar-refractivity contribution in [1.82, 2.24) is 10.6 Å². The van der Waals surface area contributed by atoms with Gasteiger partial charge in [-0.25, -0.2) is 4.79 Å². The fraction of sp³-hybridized carbons (Fsp3) is 0.600. The predicted octanol–water partition coefficient (Wildman–Crippen LogP) is -1.42. The molecule has 0 radical (unpaired) electrons. The van der Waals surface area contributed by atoms with Crippen molar-refractivity contribution in [3.63, 3.8) is 0 Å². The minimum atomic E-state index is -0.841. The van der Waals surface area contributed by atoms with E-state index in [-0.39, 0.29) is 0 Å². The van der Waals surface area contributed by atoms with Crippen molar-refractivity contribution in [2.45, 2.75) is 19.1 Å². The number of imide groups is 1. The van der Waals surface area contributed by atoms with Crippen LogP contribution < -0.4 is 10.6 Å². The molecule has 1 heterocycles. The van der Waals surface area contributed by atoms with Gasteiger partial charge in [0.25, 0.3) is 5.91 Å². The molecule has 0 spiro atoms. The summed E-state index contributed by atoms with van der Waals surface area (Å²) in [7, 11) is 0. The van der Waals surface area contributed by atoms with Gasteiger partial charge in [0.05, 0.1) is 6.10 Å². The number of aliphatic hydroxyl groups excluding tert-OH is 1. The molecular weight excluding hydrogens is 136 g/mol. The maximum absolute atomic E-state index is 10.7. The molecular formula is C5H8N2O3. The zero-order valence-electron chi connectivity index (χ0n) is 5.42. The second-order valence-corrected chi connectivity index (χ2v) is 2.18. The number of aliphatic hydroxyl groups is 1. The molecule has 0 aromatic heterocycles. The number of carbonyl (C=O) groups excluding carboxylic acids is 2. The minimum absolute atomic E-state index is 0.472. The number of hydrogen-bond donors (Lipinski definition) is 3. The Labute approximate surface area is 57.4 Å². The highest BCUT2D eigenvalue weighted by Gasteiger charge is 2.32. The van der Waals surface area contributed by atoms with E-state index in [1.54, 1.807) is 0 Å². The number of amides is 3. The average Bonchev–Trinajstić information content (AvgIpc) is 2.10. The number of rotatable bonds is 1. The Morgan fingerprint density at radius 1 is 1.60 bits per heavy atom. The van der Waals surface area contributed by atoms with Gasteiger partial charge in [-0.15, -0.1) is 0 Å². The number of hydrogen-bond acceptors (Lipinski definition) is 3. The van der Waals surface area contributed by atoms with Gasteiger partial charge in [0.1, 0.15) is 6.04 Å². The standard InChI is InChI=1S/C5H8N2O3/c1-2(8)3-4(9)7-5(10)6-3/h2-3,8H,1H3,(H2,6,7,9,10)/t2-,3+/m0/s1. The van der Waals surface area contributed by atoms with Gasteiger partial charge < -0.3 is 10.4 Å². The number of urea groups is 1. The van der Waals surface area contributed by atoms with Gasteiger partial charge >= 0.3 is 6.03 Å². The number of carbonyl (C=O) groups is 2. The summed E-state index contributed by atoms with van der Waals surface area (Å²) in [6.45, 7) is 1.44. The third kappa shape index (κ3) is 1.08. The third-order valence-electron chi connectivity index (χ3n) is 1.29. The fourth-order valence-electron chi connectivity index (χ4n) is 0.772. The lowest BCUT2D eigenvalue weighted by atomic mass is 10.2. The summed E-state index contributed by atoms with van der Waals surface area (Å²) in [4.78, 5) is 21.1. The Bertz CT molecular complexity index is 178. The first-order chi connectivity index (χ1) is 4.61. The second kappa shape index (κ2) is 2.26. The molecule has 5 nitrogen and oxygen atoms in total. The lowest BCUT2D eigenvalue weighted by molar-refractivity contribution is -0.122. The Balaban J connectivity index is 2.63. The summed E-state index contributed by atoms with van der Waals surface area (Å²) in [5, 5.41) is 13.1. The quantitative estimate of drug-likeness (QED) is 0.395. The summed E-state index contributed by atoms with van der Waals surface area (Å²) in [5.74, 6) is -0.472. The summed E-state index contributed by atoms with van der Waals surface area (Å²) in [6.07, 6.45) is -0.841. The summed E-state index contributed by atoms with van der Waals surface area (Å²) < 4.78 is 0. The first kappa shape index (κ1) is 7.01. The molecule has 3 N–H and O–H groups in total. The normalized spacial score (nSPS) is 27.6. The van der Waals surface area contributed by atoms with E-state index in [4.69, 9.17) is 5.11 Å². The van der Waals surface area contributed by atoms with E-state index in [0.29, 0.717) is 0 Å². The first-order valence-electron chi connectivity index (χ1n) is 2.90.